The van der Waals surface area contributed by atoms with Crippen LogP contribution in [0.2, 0.25) is 0 Å². The zero-order chi connectivity index (χ0) is 61.0. The van der Waals surface area contributed by atoms with E-state index in [1.807, 2.05) is 7.05 Å². The Morgan fingerprint density at radius 1 is 0.531 bits per heavy atom. The maximum Gasteiger partial charge on any atom is 0.303 e. The molecule has 1 rings (SSSR count). The van der Waals surface area contributed by atoms with Crippen LogP contribution in [0, 0.1) is 5.41 Å². The summed E-state index contributed by atoms with van der Waals surface area (Å²) in [5, 5.41) is 44.4. The Morgan fingerprint density at radius 3 is 1.35 bits per heavy atom. The molecule has 0 bridgehead atoms. The molecule has 1 aliphatic rings. The van der Waals surface area contributed by atoms with Crippen molar-refractivity contribution in [3.63, 3.8) is 0 Å². The highest BCUT2D eigenvalue weighted by Gasteiger charge is 2.39. The fraction of sp³-hybridized carbons (Fsp3) is 0.818. The number of amides is 9. The summed E-state index contributed by atoms with van der Waals surface area (Å²) in [6.45, 7) is 9.53. The van der Waals surface area contributed by atoms with Gasteiger partial charge in [-0.3, -0.25) is 47.9 Å². The molecule has 1 heterocycles. The molecule has 466 valence electrons. The van der Waals surface area contributed by atoms with Gasteiger partial charge in [-0.15, -0.1) is 0 Å². The van der Waals surface area contributed by atoms with Gasteiger partial charge in [0.05, 0.1) is 12.6 Å². The van der Waals surface area contributed by atoms with E-state index >= 15 is 0 Å². The van der Waals surface area contributed by atoms with Gasteiger partial charge in [0.15, 0.2) is 0 Å². The molecule has 9 amide bonds. The Morgan fingerprint density at radius 2 is 0.926 bits per heavy atom. The van der Waals surface area contributed by atoms with Gasteiger partial charge in [0, 0.05) is 23.9 Å². The minimum absolute atomic E-state index is 0.114. The molecule has 1 fully saturated rings. The second-order valence-corrected chi connectivity index (χ2v) is 22.5. The average Bonchev–Trinajstić information content (AvgIpc) is 3.92. The van der Waals surface area contributed by atoms with Crippen molar-refractivity contribution in [2.75, 3.05) is 81.1 Å². The Bertz CT molecular complexity index is 1960. The second-order valence-electron chi connectivity index (χ2n) is 22.5. The number of hydrogen-bond acceptors (Lipinski definition) is 16. The normalized spacial score (nSPS) is 15.7. The first-order chi connectivity index (χ1) is 38.4. The van der Waals surface area contributed by atoms with Gasteiger partial charge < -0.3 is 85.3 Å². The molecule has 26 heteroatoms. The topological polar surface area (TPSA) is 391 Å². The summed E-state index contributed by atoms with van der Waals surface area (Å²) in [6.07, 6.45) is 7.64. The molecule has 1 aliphatic heterocycles. The number of rotatable bonds is 46. The summed E-state index contributed by atoms with van der Waals surface area (Å²) in [5.74, 6) is -6.69. The molecule has 0 saturated carbocycles. The van der Waals surface area contributed by atoms with Gasteiger partial charge in [-0.05, 0) is 197 Å². The zero-order valence-electron chi connectivity index (χ0n) is 50.3. The molecule has 0 aliphatic carbocycles. The number of nitrogens with one attached hydrogen (secondary N) is 12. The van der Waals surface area contributed by atoms with E-state index < -0.39 is 119 Å². The number of likely N-dealkylation sites (tertiary alicyclic amines) is 1. The number of primary amides is 1. The number of nitrogens with zero attached hydrogens (tertiary/aromatic N) is 1. The van der Waals surface area contributed by atoms with Crippen molar-refractivity contribution in [1.82, 2.24) is 68.7 Å². The van der Waals surface area contributed by atoms with Crippen LogP contribution in [0.1, 0.15) is 156 Å². The molecule has 0 spiro atoms. The molecule has 0 aromatic heterocycles. The van der Waals surface area contributed by atoms with Crippen LogP contribution in [0.4, 0.5) is 0 Å². The summed E-state index contributed by atoms with van der Waals surface area (Å²) in [6, 6.07) is -7.39. The first-order valence-corrected chi connectivity index (χ1v) is 29.3. The lowest BCUT2D eigenvalue weighted by molar-refractivity contribution is -0.140. The maximum atomic E-state index is 14.3. The van der Waals surface area contributed by atoms with Crippen molar-refractivity contribution in [2.24, 2.45) is 16.9 Å². The Hall–Kier alpha value is -5.54. The lowest BCUT2D eigenvalue weighted by atomic mass is 9.79. The van der Waals surface area contributed by atoms with E-state index in [4.69, 9.17) is 11.5 Å². The van der Waals surface area contributed by atoms with Crippen LogP contribution < -0.4 is 75.3 Å². The van der Waals surface area contributed by atoms with E-state index in [2.05, 4.69) is 63.8 Å². The van der Waals surface area contributed by atoms with Gasteiger partial charge in [-0.25, -0.2) is 0 Å². The molecule has 1 saturated heterocycles. The number of likely N-dealkylation sites (N-methyl/N-ethyl adjacent to an activating group) is 1. The van der Waals surface area contributed by atoms with Gasteiger partial charge in [0.1, 0.15) is 36.3 Å². The molecule has 0 aromatic rings. The Balaban J connectivity index is 3.37. The van der Waals surface area contributed by atoms with Crippen molar-refractivity contribution in [2.45, 2.75) is 204 Å². The highest BCUT2D eigenvalue weighted by atomic mass is 16.4. The van der Waals surface area contributed by atoms with Crippen molar-refractivity contribution >= 4 is 59.1 Å². The van der Waals surface area contributed by atoms with Crippen molar-refractivity contribution in [3.05, 3.63) is 0 Å². The Labute approximate surface area is 481 Å². The third-order valence-corrected chi connectivity index (χ3v) is 14.4. The van der Waals surface area contributed by atoms with Crippen LogP contribution in [-0.4, -0.2) is 198 Å². The highest BCUT2D eigenvalue weighted by Crippen LogP contribution is 2.28. The number of carboxylic acid groups (broad SMARTS) is 1. The molecule has 81 heavy (non-hydrogen) atoms. The summed E-state index contributed by atoms with van der Waals surface area (Å²) in [4.78, 5) is 137. The van der Waals surface area contributed by atoms with E-state index in [1.54, 1.807) is 55.9 Å². The first kappa shape index (κ1) is 73.5. The monoisotopic (exact) mass is 1150 g/mol. The predicted octanol–water partition coefficient (Wildman–Crippen LogP) is -1.55. The molecule has 0 aromatic carbocycles. The number of hydrogen-bond donors (Lipinski definition) is 15. The third-order valence-electron chi connectivity index (χ3n) is 14.4. The van der Waals surface area contributed by atoms with Crippen LogP contribution in [0.3, 0.4) is 0 Å². The fourth-order valence-corrected chi connectivity index (χ4v) is 9.85. The van der Waals surface area contributed by atoms with E-state index in [9.17, 15) is 53.1 Å². The lowest BCUT2D eigenvalue weighted by Crippen LogP contribution is -2.59. The molecular weight excluding hydrogens is 1050 g/mol. The molecule has 7 unspecified atom stereocenters. The third kappa shape index (κ3) is 29.8. The van der Waals surface area contributed by atoms with Crippen LogP contribution in [0.15, 0.2) is 0 Å². The maximum absolute atomic E-state index is 14.3. The summed E-state index contributed by atoms with van der Waals surface area (Å²) >= 11 is 0. The largest absolute Gasteiger partial charge is 0.481 e. The van der Waals surface area contributed by atoms with Crippen molar-refractivity contribution < 1.29 is 53.1 Å². The standard InChI is InChI=1S/C55H105N15O11/c1-54(2,53(57)81)36-55(3,4)69-51(79)41(25-14-19-33-61-8)66-50(78)42(27-28-45(72)73)67-49(77)40(24-13-18-32-60-7)68-52(80)43-26-20-34-70(43)44(71)35-63-46(74)38(23-12-17-31-59-6)64-48(76)39(22-10-15-29-56)65-47(75)37(62-9)21-11-16-30-58-5/h37-43,58-62H,10-36,56H2,1-9H3,(H2,57,81)(H,63,74)(H,64,76)(H,65,75)(H,66,78)(H,67,77)(H,68,80)(H,69,79)(H,72,73). The number of carbonyl (C=O) groups excluding carboxylic acids is 9. The average molecular weight is 1150 g/mol. The second kappa shape index (κ2) is 40.6. The number of carbonyl (C=O) groups is 10. The molecule has 0 radical (unpaired) electrons. The predicted molar refractivity (Wildman–Crippen MR) is 311 cm³/mol. The summed E-state index contributed by atoms with van der Waals surface area (Å²) in [7, 11) is 8.89. The van der Waals surface area contributed by atoms with Gasteiger partial charge in [0.25, 0.3) is 0 Å². The van der Waals surface area contributed by atoms with Crippen LogP contribution in [0.25, 0.3) is 0 Å². The summed E-state index contributed by atoms with van der Waals surface area (Å²) in [5.41, 5.74) is 9.46. The molecular formula is C55H105N15O11. The number of aliphatic carboxylic acids is 1. The van der Waals surface area contributed by atoms with Gasteiger partial charge >= 0.3 is 5.97 Å². The smallest absolute Gasteiger partial charge is 0.303 e. The van der Waals surface area contributed by atoms with E-state index in [1.165, 1.54) is 4.90 Å². The number of unbranched alkanes of at least 4 members (excludes halogenated alkanes) is 5. The van der Waals surface area contributed by atoms with Crippen LogP contribution in [0.5, 0.6) is 0 Å². The minimum Gasteiger partial charge on any atom is -0.481 e. The van der Waals surface area contributed by atoms with Crippen molar-refractivity contribution in [1.29, 1.82) is 0 Å². The molecule has 26 nitrogen and oxygen atoms in total. The van der Waals surface area contributed by atoms with E-state index in [0.29, 0.717) is 90.4 Å². The van der Waals surface area contributed by atoms with Crippen LogP contribution in [-0.2, 0) is 47.9 Å². The first-order valence-electron chi connectivity index (χ1n) is 29.3. The van der Waals surface area contributed by atoms with Gasteiger partial charge in [0.2, 0.25) is 53.2 Å². The fourth-order valence-electron chi connectivity index (χ4n) is 9.85. The lowest BCUT2D eigenvalue weighted by Gasteiger charge is -2.35. The highest BCUT2D eigenvalue weighted by molar-refractivity contribution is 5.97. The van der Waals surface area contributed by atoms with Gasteiger partial charge in [-0.1, -0.05) is 20.3 Å². The minimum atomic E-state index is -1.44. The van der Waals surface area contributed by atoms with E-state index in [-0.39, 0.29) is 57.4 Å². The van der Waals surface area contributed by atoms with Crippen LogP contribution >= 0.6 is 0 Å². The van der Waals surface area contributed by atoms with Crippen molar-refractivity contribution in [3.8, 4) is 0 Å². The summed E-state index contributed by atoms with van der Waals surface area (Å²) < 4.78 is 0. The Kier molecular flexibility index (Phi) is 36.8. The van der Waals surface area contributed by atoms with Gasteiger partial charge in [-0.2, -0.15) is 0 Å². The molecule has 7 atom stereocenters. The SMILES string of the molecule is CNCCCCC(NC)C(=O)NC(CCCCN)C(=O)NC(CCCCNC)C(=O)NCC(=O)N1CCCC1C(=O)NC(CCCCNC)C(=O)NC(CCC(=O)O)C(=O)NC(CCCCNC)C(=O)NC(C)(C)CC(C)(C)C(N)=O. The quantitative estimate of drug-likeness (QED) is 0.0307. The number of nitrogens with two attached hydrogens (primary N) is 2. The zero-order valence-corrected chi connectivity index (χ0v) is 50.3. The molecule has 17 N–H and O–H groups in total. The van der Waals surface area contributed by atoms with E-state index in [0.717, 1.165) is 19.4 Å². The number of carboxylic acids is 1.